The van der Waals surface area contributed by atoms with E-state index in [1.165, 1.54) is 11.8 Å². The van der Waals surface area contributed by atoms with Gasteiger partial charge in [-0.2, -0.15) is 0 Å². The number of hydrogen-bond donors (Lipinski definition) is 1. The standard InChI is InChI=1S/C30H40O6S/c1-6-28(4)16-23(36-24(32)17-35-25(33)18-37-21-10-8-7-9-11-21)29(5)14-12-19(2)30(20(3)27(28)34)15-13-22(31)26(29)30/h6-11,19-20,23,26-27,34H,1,12-18H2,2-5H3/t19-,20-,23+,26-,27-,28+,29-,30-/m0/s1. The van der Waals surface area contributed by atoms with Crippen LogP contribution in [-0.2, 0) is 23.9 Å². The van der Waals surface area contributed by atoms with Crippen molar-refractivity contribution in [1.29, 1.82) is 0 Å². The number of aliphatic hydroxyl groups excluding tert-OH is 1. The number of hydrogen-bond acceptors (Lipinski definition) is 7. The fraction of sp³-hybridized carbons (Fsp3) is 0.633. The summed E-state index contributed by atoms with van der Waals surface area (Å²) in [4.78, 5) is 39.6. The number of esters is 2. The zero-order valence-electron chi connectivity index (χ0n) is 22.4. The van der Waals surface area contributed by atoms with Crippen LogP contribution in [0.1, 0.15) is 59.8 Å². The molecule has 3 saturated carbocycles. The lowest BCUT2D eigenvalue weighted by Crippen LogP contribution is -2.63. The van der Waals surface area contributed by atoms with Gasteiger partial charge in [0.2, 0.25) is 0 Å². The first-order chi connectivity index (χ1) is 17.5. The van der Waals surface area contributed by atoms with E-state index in [0.29, 0.717) is 12.8 Å². The molecule has 0 amide bonds. The average Bonchev–Trinajstić information content (AvgIpc) is 3.26. The molecule has 7 heteroatoms. The van der Waals surface area contributed by atoms with Gasteiger partial charge >= 0.3 is 11.9 Å². The minimum absolute atomic E-state index is 0.0913. The molecular formula is C30H40O6S. The van der Waals surface area contributed by atoms with Gasteiger partial charge in [-0.1, -0.05) is 52.0 Å². The highest BCUT2D eigenvalue weighted by Gasteiger charge is 2.68. The number of benzene rings is 1. The molecule has 2 bridgehead atoms. The first-order valence-corrected chi connectivity index (χ1v) is 14.3. The van der Waals surface area contributed by atoms with E-state index in [2.05, 4.69) is 27.4 Å². The SMILES string of the molecule is C=C[C@]1(C)C[C@@H](OC(=O)COC(=O)CSc2ccccc2)[C@]2(C)CC[C@H](C)[C@@]3(CCC(=O)[C@@H]23)[C@@H](C)[C@@H]1O. The number of carbonyl (C=O) groups excluding carboxylic acids is 3. The predicted octanol–water partition coefficient (Wildman–Crippen LogP) is 5.23. The maximum Gasteiger partial charge on any atom is 0.344 e. The highest BCUT2D eigenvalue weighted by molar-refractivity contribution is 8.00. The maximum atomic E-state index is 13.4. The van der Waals surface area contributed by atoms with Crippen LogP contribution in [0.2, 0.25) is 0 Å². The molecular weight excluding hydrogens is 488 g/mol. The Morgan fingerprint density at radius 2 is 1.86 bits per heavy atom. The summed E-state index contributed by atoms with van der Waals surface area (Å²) in [5.41, 5.74) is -1.61. The third-order valence-corrected chi connectivity index (χ3v) is 10.9. The Morgan fingerprint density at radius 3 is 2.54 bits per heavy atom. The van der Waals surface area contributed by atoms with Crippen LogP contribution in [0.4, 0.5) is 0 Å². The topological polar surface area (TPSA) is 89.9 Å². The number of carbonyl (C=O) groups is 3. The Hall–Kier alpha value is -2.12. The molecule has 4 rings (SSSR count). The molecule has 0 heterocycles. The second-order valence-corrected chi connectivity index (χ2v) is 12.9. The normalized spacial score (nSPS) is 39.2. The van der Waals surface area contributed by atoms with Gasteiger partial charge in [0.05, 0.1) is 11.9 Å². The van der Waals surface area contributed by atoms with Crippen molar-refractivity contribution in [2.45, 2.75) is 76.9 Å². The number of aliphatic hydroxyl groups is 1. The molecule has 0 aliphatic heterocycles. The van der Waals surface area contributed by atoms with Gasteiger partial charge in [-0.25, -0.2) is 4.79 Å². The molecule has 3 aliphatic rings. The van der Waals surface area contributed by atoms with E-state index in [4.69, 9.17) is 9.47 Å². The summed E-state index contributed by atoms with van der Waals surface area (Å²) < 4.78 is 11.3. The fourth-order valence-electron chi connectivity index (χ4n) is 7.70. The molecule has 6 nitrogen and oxygen atoms in total. The van der Waals surface area contributed by atoms with Gasteiger partial charge in [0.25, 0.3) is 0 Å². The van der Waals surface area contributed by atoms with Gasteiger partial charge in [0.15, 0.2) is 6.61 Å². The molecule has 3 aliphatic carbocycles. The third-order valence-electron chi connectivity index (χ3n) is 9.91. The van der Waals surface area contributed by atoms with Crippen LogP contribution in [0.25, 0.3) is 0 Å². The number of ether oxygens (including phenoxy) is 2. The van der Waals surface area contributed by atoms with Crippen LogP contribution >= 0.6 is 11.8 Å². The van der Waals surface area contributed by atoms with Crippen LogP contribution in [0.5, 0.6) is 0 Å². The third kappa shape index (κ3) is 4.89. The van der Waals surface area contributed by atoms with E-state index in [-0.39, 0.29) is 34.7 Å². The first kappa shape index (κ1) is 27.9. The van der Waals surface area contributed by atoms with Gasteiger partial charge < -0.3 is 14.6 Å². The summed E-state index contributed by atoms with van der Waals surface area (Å²) in [6.45, 7) is 11.9. The Kier molecular flexibility index (Phi) is 7.97. The summed E-state index contributed by atoms with van der Waals surface area (Å²) in [6.07, 6.45) is 3.69. The van der Waals surface area contributed by atoms with Crippen molar-refractivity contribution in [1.82, 2.24) is 0 Å². The number of ketones is 1. The second-order valence-electron chi connectivity index (χ2n) is 11.8. The van der Waals surface area contributed by atoms with Gasteiger partial charge in [-0.15, -0.1) is 18.3 Å². The zero-order chi connectivity index (χ0) is 27.0. The summed E-state index contributed by atoms with van der Waals surface area (Å²) in [7, 11) is 0. The molecule has 0 spiro atoms. The largest absolute Gasteiger partial charge is 0.459 e. The Balaban J connectivity index is 1.53. The summed E-state index contributed by atoms with van der Waals surface area (Å²) in [5.74, 6) is -0.936. The lowest BCUT2D eigenvalue weighted by atomic mass is 9.43. The van der Waals surface area contributed by atoms with Crippen molar-refractivity contribution in [3.8, 4) is 0 Å². The van der Waals surface area contributed by atoms with Crippen LogP contribution < -0.4 is 0 Å². The first-order valence-electron chi connectivity index (χ1n) is 13.4. The number of Topliss-reactive ketones (excluding diaryl/α,β-unsaturated/α-hetero) is 1. The van der Waals surface area contributed by atoms with Gasteiger partial charge in [-0.05, 0) is 55.1 Å². The smallest absolute Gasteiger partial charge is 0.344 e. The molecule has 202 valence electrons. The van der Waals surface area contributed by atoms with E-state index in [1.54, 1.807) is 6.08 Å². The molecule has 0 unspecified atom stereocenters. The lowest BCUT2D eigenvalue weighted by molar-refractivity contribution is -0.207. The van der Waals surface area contributed by atoms with E-state index in [9.17, 15) is 19.5 Å². The van der Waals surface area contributed by atoms with Crippen LogP contribution in [0.3, 0.4) is 0 Å². The van der Waals surface area contributed by atoms with E-state index < -0.39 is 41.6 Å². The molecule has 0 radical (unpaired) electrons. The molecule has 0 saturated heterocycles. The Bertz CT molecular complexity index is 1040. The minimum atomic E-state index is -0.724. The molecule has 8 atom stereocenters. The average molecular weight is 529 g/mol. The van der Waals surface area contributed by atoms with Crippen LogP contribution in [0.15, 0.2) is 47.9 Å². The Labute approximate surface area is 224 Å². The molecule has 0 aromatic heterocycles. The van der Waals surface area contributed by atoms with Crippen LogP contribution in [0, 0.1) is 34.0 Å². The van der Waals surface area contributed by atoms with Crippen molar-refractivity contribution < 1.29 is 29.0 Å². The number of thioether (sulfide) groups is 1. The van der Waals surface area contributed by atoms with E-state index in [1.807, 2.05) is 37.3 Å². The van der Waals surface area contributed by atoms with Crippen molar-refractivity contribution in [3.63, 3.8) is 0 Å². The highest BCUT2D eigenvalue weighted by atomic mass is 32.2. The minimum Gasteiger partial charge on any atom is -0.459 e. The van der Waals surface area contributed by atoms with Gasteiger partial charge in [0.1, 0.15) is 11.9 Å². The fourth-order valence-corrected chi connectivity index (χ4v) is 8.42. The molecule has 1 aromatic carbocycles. The lowest BCUT2D eigenvalue weighted by Gasteiger charge is -2.62. The van der Waals surface area contributed by atoms with Crippen molar-refractivity contribution in [3.05, 3.63) is 43.0 Å². The highest BCUT2D eigenvalue weighted by Crippen LogP contribution is 2.68. The van der Waals surface area contributed by atoms with Gasteiger partial charge in [0, 0.05) is 28.1 Å². The molecule has 1 N–H and O–H groups in total. The second kappa shape index (κ2) is 10.6. The summed E-state index contributed by atoms with van der Waals surface area (Å²) >= 11 is 1.34. The predicted molar refractivity (Wildman–Crippen MR) is 143 cm³/mol. The van der Waals surface area contributed by atoms with E-state index >= 15 is 0 Å². The van der Waals surface area contributed by atoms with Crippen molar-refractivity contribution in [2.75, 3.05) is 12.4 Å². The Morgan fingerprint density at radius 1 is 1.16 bits per heavy atom. The quantitative estimate of drug-likeness (QED) is 0.294. The maximum absolute atomic E-state index is 13.4. The van der Waals surface area contributed by atoms with Crippen molar-refractivity contribution in [2.24, 2.45) is 34.0 Å². The monoisotopic (exact) mass is 528 g/mol. The van der Waals surface area contributed by atoms with Crippen LogP contribution in [-0.4, -0.2) is 47.4 Å². The summed E-state index contributed by atoms with van der Waals surface area (Å²) in [5, 5.41) is 11.6. The van der Waals surface area contributed by atoms with E-state index in [0.717, 1.165) is 24.2 Å². The van der Waals surface area contributed by atoms with Crippen molar-refractivity contribution >= 4 is 29.5 Å². The number of rotatable bonds is 7. The van der Waals surface area contributed by atoms with Gasteiger partial charge in [-0.3, -0.25) is 9.59 Å². The molecule has 1 aromatic rings. The summed E-state index contributed by atoms with van der Waals surface area (Å²) in [6, 6.07) is 9.50. The zero-order valence-corrected chi connectivity index (χ0v) is 23.2. The molecule has 3 fully saturated rings. The molecule has 37 heavy (non-hydrogen) atoms.